The number of aromatic nitrogens is 4. The van der Waals surface area contributed by atoms with Gasteiger partial charge in [-0.3, -0.25) is 9.59 Å². The molecule has 1 aliphatic heterocycles. The number of nitrogens with one attached hydrogen (secondary N) is 2. The number of carboxylic acid groups (broad SMARTS) is 1. The lowest BCUT2D eigenvalue weighted by molar-refractivity contribution is -0.236. The van der Waals surface area contributed by atoms with E-state index in [-0.39, 0.29) is 24.8 Å². The molecule has 0 unspecified atom stereocenters. The number of hydrogen-bond acceptors (Lipinski definition) is 8. The molecule has 2 aromatic carbocycles. The molecule has 0 aliphatic carbocycles. The summed E-state index contributed by atoms with van der Waals surface area (Å²) < 4.78 is 38.2. The van der Waals surface area contributed by atoms with Crippen molar-refractivity contribution in [1.82, 2.24) is 24.8 Å². The van der Waals surface area contributed by atoms with Crippen LogP contribution in [-0.2, 0) is 25.6 Å². The van der Waals surface area contributed by atoms with Gasteiger partial charge in [-0.2, -0.15) is 0 Å². The van der Waals surface area contributed by atoms with Gasteiger partial charge < -0.3 is 29.8 Å². The number of halogens is 2. The fraction of sp³-hybridized carbons (Fsp3) is 0.276. The van der Waals surface area contributed by atoms with Gasteiger partial charge in [0, 0.05) is 32.4 Å². The highest BCUT2D eigenvalue weighted by Crippen LogP contribution is 2.35. The smallest absolute Gasteiger partial charge is 0.314 e. The molecule has 1 amide bonds. The van der Waals surface area contributed by atoms with E-state index >= 15 is 0 Å². The summed E-state index contributed by atoms with van der Waals surface area (Å²) in [6.45, 7) is 1.82. The van der Waals surface area contributed by atoms with Crippen LogP contribution in [0, 0.1) is 17.0 Å². The van der Waals surface area contributed by atoms with Gasteiger partial charge in [-0.15, -0.1) is 0 Å². The lowest BCUT2D eigenvalue weighted by Crippen LogP contribution is -2.42. The second-order valence-electron chi connectivity index (χ2n) is 9.99. The molecule has 0 atom stereocenters. The summed E-state index contributed by atoms with van der Waals surface area (Å²) in [4.78, 5) is 39.1. The van der Waals surface area contributed by atoms with Gasteiger partial charge in [0.05, 0.1) is 30.3 Å². The van der Waals surface area contributed by atoms with Crippen molar-refractivity contribution in [2.75, 3.05) is 32.6 Å². The highest BCUT2D eigenvalue weighted by atomic mass is 19.1. The van der Waals surface area contributed by atoms with E-state index in [0.29, 0.717) is 41.0 Å². The number of rotatable bonds is 8. The number of imidazole rings is 1. The number of H-pyrrole nitrogens is 1. The van der Waals surface area contributed by atoms with Gasteiger partial charge in [0.15, 0.2) is 5.82 Å². The predicted octanol–water partition coefficient (Wildman–Crippen LogP) is 4.26. The summed E-state index contributed by atoms with van der Waals surface area (Å²) in [5, 5.41) is 12.5. The van der Waals surface area contributed by atoms with Crippen molar-refractivity contribution in [3.63, 3.8) is 0 Å². The van der Waals surface area contributed by atoms with E-state index in [9.17, 15) is 23.5 Å². The average molecular weight is 581 g/mol. The topological polar surface area (TPSA) is 143 Å². The summed E-state index contributed by atoms with van der Waals surface area (Å²) in [6, 6.07) is 13.6. The quantitative estimate of drug-likeness (QED) is 0.261. The Hall–Kier alpha value is -4.75. The molecule has 220 valence electrons. The molecular formula is C29H30F2N6O5. The molecule has 4 aromatic rings. The van der Waals surface area contributed by atoms with Crippen molar-refractivity contribution in [2.24, 2.45) is 5.41 Å². The molecule has 13 heteroatoms. The van der Waals surface area contributed by atoms with Crippen molar-refractivity contribution < 1.29 is 33.0 Å². The van der Waals surface area contributed by atoms with Gasteiger partial charge in [-0.25, -0.2) is 23.7 Å². The standard InChI is InChI=1S/C26H23F2N5O4.C3H7NO/c1-26(24(34)35)13-36-23(37-14-26)22-32-20(16-4-8-18(28)9-5-16)21(33-22)19-10-11-29-25(31-19)30-12-15-2-6-17(27)7-3-15;1-4(2)3-5/h2-11,23H,12-14H2,1H3,(H,32,33)(H,34,35)(H,29,30,31);3H,1-2H3. The van der Waals surface area contributed by atoms with Crippen LogP contribution in [-0.4, -0.2) is 69.6 Å². The molecular weight excluding hydrogens is 550 g/mol. The van der Waals surface area contributed by atoms with E-state index in [1.165, 1.54) is 29.2 Å². The number of nitrogens with zero attached hydrogens (tertiary/aromatic N) is 4. The number of carbonyl (C=O) groups excluding carboxylic acids is 1. The molecule has 0 radical (unpaired) electrons. The Morgan fingerprint density at radius 3 is 2.24 bits per heavy atom. The zero-order chi connectivity index (χ0) is 30.3. The number of anilines is 1. The van der Waals surface area contributed by atoms with Crippen LogP contribution < -0.4 is 5.32 Å². The minimum Gasteiger partial charge on any atom is -0.481 e. The van der Waals surface area contributed by atoms with E-state index in [4.69, 9.17) is 9.47 Å². The maximum Gasteiger partial charge on any atom is 0.314 e. The second kappa shape index (κ2) is 13.3. The number of benzene rings is 2. The van der Waals surface area contributed by atoms with Crippen LogP contribution in [0.2, 0.25) is 0 Å². The first-order valence-electron chi connectivity index (χ1n) is 12.8. The Balaban J connectivity index is 0.000000748. The molecule has 3 N–H and O–H groups in total. The highest BCUT2D eigenvalue weighted by Gasteiger charge is 2.41. The van der Waals surface area contributed by atoms with Crippen molar-refractivity contribution in [3.8, 4) is 22.6 Å². The first-order valence-corrected chi connectivity index (χ1v) is 12.8. The van der Waals surface area contributed by atoms with Crippen LogP contribution in [0.3, 0.4) is 0 Å². The maximum absolute atomic E-state index is 13.6. The predicted molar refractivity (Wildman–Crippen MR) is 149 cm³/mol. The minimum atomic E-state index is -1.16. The molecule has 0 bridgehead atoms. The molecule has 3 heterocycles. The molecule has 11 nitrogen and oxygen atoms in total. The summed E-state index contributed by atoms with van der Waals surface area (Å²) in [5.74, 6) is -1.06. The van der Waals surface area contributed by atoms with Crippen LogP contribution >= 0.6 is 0 Å². The normalized spacial score (nSPS) is 18.0. The Kier molecular flexibility index (Phi) is 9.55. The Labute approximate surface area is 240 Å². The Bertz CT molecular complexity index is 1500. The Morgan fingerprint density at radius 1 is 1.07 bits per heavy atom. The van der Waals surface area contributed by atoms with Gasteiger partial charge in [0.25, 0.3) is 0 Å². The summed E-state index contributed by atoms with van der Waals surface area (Å²) in [7, 11) is 3.38. The van der Waals surface area contributed by atoms with Crippen LogP contribution in [0.4, 0.5) is 14.7 Å². The first-order chi connectivity index (χ1) is 20.1. The number of hydrogen-bond donors (Lipinski definition) is 3. The lowest BCUT2D eigenvalue weighted by atomic mass is 9.92. The van der Waals surface area contributed by atoms with Crippen molar-refractivity contribution in [2.45, 2.75) is 19.8 Å². The number of amides is 1. The third-order valence-electron chi connectivity index (χ3n) is 6.17. The van der Waals surface area contributed by atoms with E-state index in [1.54, 1.807) is 57.5 Å². The van der Waals surface area contributed by atoms with E-state index in [1.807, 2.05) is 0 Å². The van der Waals surface area contributed by atoms with Gasteiger partial charge in [-0.05, 0) is 55.0 Å². The van der Waals surface area contributed by atoms with Gasteiger partial charge in [0.1, 0.15) is 17.0 Å². The van der Waals surface area contributed by atoms with Crippen LogP contribution in [0.1, 0.15) is 24.6 Å². The SMILES string of the molecule is CC1(C(=O)O)COC(c2nc(-c3ccc(F)cc3)c(-c3ccnc(NCc4ccc(F)cc4)n3)[nH]2)OC1.CN(C)C=O. The van der Waals surface area contributed by atoms with Crippen molar-refractivity contribution in [1.29, 1.82) is 0 Å². The van der Waals surface area contributed by atoms with Gasteiger partial charge in [0.2, 0.25) is 18.6 Å². The van der Waals surface area contributed by atoms with E-state index < -0.39 is 17.7 Å². The second-order valence-corrected chi connectivity index (χ2v) is 9.99. The summed E-state index contributed by atoms with van der Waals surface area (Å²) in [6.07, 6.45) is 1.41. The van der Waals surface area contributed by atoms with Gasteiger partial charge >= 0.3 is 5.97 Å². The maximum atomic E-state index is 13.6. The Morgan fingerprint density at radius 2 is 1.67 bits per heavy atom. The highest BCUT2D eigenvalue weighted by molar-refractivity contribution is 5.77. The number of carbonyl (C=O) groups is 2. The third-order valence-corrected chi connectivity index (χ3v) is 6.17. The molecule has 5 rings (SSSR count). The molecule has 2 aromatic heterocycles. The van der Waals surface area contributed by atoms with Gasteiger partial charge in [-0.1, -0.05) is 12.1 Å². The fourth-order valence-corrected chi connectivity index (χ4v) is 3.76. The minimum absolute atomic E-state index is 0.0557. The van der Waals surface area contributed by atoms with Crippen molar-refractivity contribution >= 4 is 18.3 Å². The van der Waals surface area contributed by atoms with Crippen LogP contribution in [0.25, 0.3) is 22.6 Å². The average Bonchev–Trinajstić information content (AvgIpc) is 3.43. The van der Waals surface area contributed by atoms with Crippen LogP contribution in [0.5, 0.6) is 0 Å². The molecule has 0 spiro atoms. The zero-order valence-electron chi connectivity index (χ0n) is 23.2. The zero-order valence-corrected chi connectivity index (χ0v) is 23.2. The number of carboxylic acids is 1. The first kappa shape index (κ1) is 30.2. The van der Waals surface area contributed by atoms with E-state index in [2.05, 4.69) is 25.3 Å². The van der Waals surface area contributed by atoms with E-state index in [0.717, 1.165) is 12.0 Å². The lowest BCUT2D eigenvalue weighted by Gasteiger charge is -2.33. The third kappa shape index (κ3) is 7.50. The number of aromatic amines is 1. The number of ether oxygens (including phenoxy) is 2. The molecule has 1 aliphatic rings. The molecule has 1 saturated heterocycles. The number of aliphatic carboxylic acids is 1. The summed E-state index contributed by atoms with van der Waals surface area (Å²) in [5.41, 5.74) is 1.82. The molecule has 42 heavy (non-hydrogen) atoms. The van der Waals surface area contributed by atoms with Crippen LogP contribution in [0.15, 0.2) is 60.8 Å². The fourth-order valence-electron chi connectivity index (χ4n) is 3.76. The monoisotopic (exact) mass is 580 g/mol. The largest absolute Gasteiger partial charge is 0.481 e. The van der Waals surface area contributed by atoms with Crippen molar-refractivity contribution in [3.05, 3.63) is 83.8 Å². The molecule has 0 saturated carbocycles. The molecule has 1 fully saturated rings. The summed E-state index contributed by atoms with van der Waals surface area (Å²) >= 11 is 0.